The fourth-order valence-electron chi connectivity index (χ4n) is 2.55. The molecule has 1 aromatic heterocycles. The largest absolute Gasteiger partial charge is 0.496 e. The van der Waals surface area contributed by atoms with E-state index in [-0.39, 0.29) is 5.91 Å². The number of carbonyl (C=O) groups is 1. The number of rotatable bonds is 2. The molecule has 0 unspecified atom stereocenters. The lowest BCUT2D eigenvalue weighted by Gasteiger charge is -2.10. The molecule has 0 spiro atoms. The first-order chi connectivity index (χ1) is 9.72. The van der Waals surface area contributed by atoms with E-state index < -0.39 is 0 Å². The lowest BCUT2D eigenvalue weighted by molar-refractivity contribution is 0.0943. The summed E-state index contributed by atoms with van der Waals surface area (Å²) in [5.74, 6) is 0.755. The van der Waals surface area contributed by atoms with Crippen LogP contribution in [0.1, 0.15) is 11.7 Å². The normalized spacial score (nSPS) is 10.7. The molecule has 3 heteroatoms. The van der Waals surface area contributed by atoms with E-state index in [1.807, 2.05) is 54.6 Å². The maximum absolute atomic E-state index is 12.0. The molecule has 3 aromatic rings. The summed E-state index contributed by atoms with van der Waals surface area (Å²) in [6.45, 7) is 1.57. The number of carbonyl (C=O) groups excluding carboxylic acids is 1. The van der Waals surface area contributed by atoms with Crippen LogP contribution in [0.5, 0.6) is 5.75 Å². The molecular weight excluding hydrogens is 250 g/mol. The SMILES string of the molecule is COc1ccccc1-c1cc2ccccc2n1C(C)=O. The van der Waals surface area contributed by atoms with Gasteiger partial charge in [0.1, 0.15) is 5.75 Å². The van der Waals surface area contributed by atoms with Crippen LogP contribution in [0.2, 0.25) is 0 Å². The quantitative estimate of drug-likeness (QED) is 0.702. The molecule has 100 valence electrons. The van der Waals surface area contributed by atoms with E-state index in [4.69, 9.17) is 4.74 Å². The summed E-state index contributed by atoms with van der Waals surface area (Å²) in [7, 11) is 1.64. The molecule has 0 bridgehead atoms. The smallest absolute Gasteiger partial charge is 0.228 e. The predicted molar refractivity (Wildman–Crippen MR) is 80.2 cm³/mol. The predicted octanol–water partition coefficient (Wildman–Crippen LogP) is 3.98. The van der Waals surface area contributed by atoms with E-state index in [1.54, 1.807) is 18.6 Å². The van der Waals surface area contributed by atoms with Gasteiger partial charge in [-0.05, 0) is 24.3 Å². The summed E-state index contributed by atoms with van der Waals surface area (Å²) in [5.41, 5.74) is 2.69. The van der Waals surface area contributed by atoms with Crippen LogP contribution in [0, 0.1) is 0 Å². The van der Waals surface area contributed by atoms with Gasteiger partial charge in [0.2, 0.25) is 5.91 Å². The van der Waals surface area contributed by atoms with Crippen molar-refractivity contribution < 1.29 is 9.53 Å². The Balaban J connectivity index is 2.36. The minimum Gasteiger partial charge on any atom is -0.496 e. The van der Waals surface area contributed by atoms with Crippen molar-refractivity contribution >= 4 is 16.8 Å². The topological polar surface area (TPSA) is 31.2 Å². The molecule has 0 radical (unpaired) electrons. The standard InChI is InChI=1S/C17H15NO2/c1-12(19)18-15-9-5-3-7-13(15)11-16(18)14-8-4-6-10-17(14)20-2/h3-11H,1-2H3. The van der Waals surface area contributed by atoms with Crippen molar-refractivity contribution in [2.24, 2.45) is 0 Å². The van der Waals surface area contributed by atoms with E-state index in [1.165, 1.54) is 0 Å². The second-order valence-corrected chi connectivity index (χ2v) is 4.64. The maximum Gasteiger partial charge on any atom is 0.228 e. The molecular formula is C17H15NO2. The number of para-hydroxylation sites is 2. The average Bonchev–Trinajstić information content (AvgIpc) is 2.86. The lowest BCUT2D eigenvalue weighted by atomic mass is 10.1. The summed E-state index contributed by atoms with van der Waals surface area (Å²) < 4.78 is 7.14. The van der Waals surface area contributed by atoms with E-state index in [2.05, 4.69) is 0 Å². The summed E-state index contributed by atoms with van der Waals surface area (Å²) in [4.78, 5) is 12.0. The van der Waals surface area contributed by atoms with Crippen LogP contribution >= 0.6 is 0 Å². The third kappa shape index (κ3) is 1.88. The highest BCUT2D eigenvalue weighted by molar-refractivity contribution is 5.98. The third-order valence-electron chi connectivity index (χ3n) is 3.41. The zero-order chi connectivity index (χ0) is 14.1. The van der Waals surface area contributed by atoms with Crippen LogP contribution in [0.3, 0.4) is 0 Å². The number of ether oxygens (including phenoxy) is 1. The molecule has 1 heterocycles. The summed E-state index contributed by atoms with van der Waals surface area (Å²) in [6, 6.07) is 17.6. The van der Waals surface area contributed by atoms with E-state index in [0.29, 0.717) is 0 Å². The van der Waals surface area contributed by atoms with Crippen molar-refractivity contribution in [3.8, 4) is 17.0 Å². The van der Waals surface area contributed by atoms with Crippen LogP contribution < -0.4 is 4.74 Å². The third-order valence-corrected chi connectivity index (χ3v) is 3.41. The van der Waals surface area contributed by atoms with Gasteiger partial charge in [0.15, 0.2) is 0 Å². The fourth-order valence-corrected chi connectivity index (χ4v) is 2.55. The van der Waals surface area contributed by atoms with Crippen molar-refractivity contribution in [2.45, 2.75) is 6.92 Å². The van der Waals surface area contributed by atoms with Crippen LogP contribution in [0.4, 0.5) is 0 Å². The monoisotopic (exact) mass is 265 g/mol. The Labute approximate surface area is 117 Å². The van der Waals surface area contributed by atoms with Crippen molar-refractivity contribution in [3.05, 3.63) is 54.6 Å². The van der Waals surface area contributed by atoms with Gasteiger partial charge in [-0.1, -0.05) is 30.3 Å². The zero-order valence-corrected chi connectivity index (χ0v) is 11.5. The van der Waals surface area contributed by atoms with E-state index in [0.717, 1.165) is 27.9 Å². The highest BCUT2D eigenvalue weighted by Crippen LogP contribution is 2.33. The number of fused-ring (bicyclic) bond motifs is 1. The Hall–Kier alpha value is -2.55. The molecule has 2 aromatic carbocycles. The van der Waals surface area contributed by atoms with E-state index in [9.17, 15) is 4.79 Å². The molecule has 0 aliphatic carbocycles. The van der Waals surface area contributed by atoms with E-state index >= 15 is 0 Å². The Bertz CT molecular complexity index is 787. The van der Waals surface area contributed by atoms with Gasteiger partial charge in [-0.2, -0.15) is 0 Å². The van der Waals surface area contributed by atoms with Crippen molar-refractivity contribution in [2.75, 3.05) is 7.11 Å². The van der Waals surface area contributed by atoms with Crippen LogP contribution in [0.25, 0.3) is 22.2 Å². The molecule has 3 nitrogen and oxygen atoms in total. The molecule has 0 amide bonds. The number of aromatic nitrogens is 1. The first kappa shape index (κ1) is 12.5. The maximum atomic E-state index is 12.0. The highest BCUT2D eigenvalue weighted by Gasteiger charge is 2.15. The van der Waals surface area contributed by atoms with Crippen molar-refractivity contribution in [1.29, 1.82) is 0 Å². The molecule has 0 saturated heterocycles. The number of hydrogen-bond donors (Lipinski definition) is 0. The van der Waals surface area contributed by atoms with Crippen LogP contribution in [0.15, 0.2) is 54.6 Å². The molecule has 3 rings (SSSR count). The Morgan fingerprint density at radius 2 is 1.75 bits per heavy atom. The molecule has 0 atom stereocenters. The number of benzene rings is 2. The summed E-state index contributed by atoms with van der Waals surface area (Å²) in [6.07, 6.45) is 0. The first-order valence-electron chi connectivity index (χ1n) is 6.47. The Morgan fingerprint density at radius 1 is 1.05 bits per heavy atom. The number of nitrogens with zero attached hydrogens (tertiary/aromatic N) is 1. The molecule has 0 aliphatic heterocycles. The second-order valence-electron chi connectivity index (χ2n) is 4.64. The number of methoxy groups -OCH3 is 1. The summed E-state index contributed by atoms with van der Waals surface area (Å²) in [5, 5.41) is 1.05. The minimum atomic E-state index is -0.00731. The first-order valence-corrected chi connectivity index (χ1v) is 6.47. The fraction of sp³-hybridized carbons (Fsp3) is 0.118. The van der Waals surface area contributed by atoms with Crippen molar-refractivity contribution in [1.82, 2.24) is 4.57 Å². The van der Waals surface area contributed by atoms with Gasteiger partial charge in [0.25, 0.3) is 0 Å². The van der Waals surface area contributed by atoms with Crippen molar-refractivity contribution in [3.63, 3.8) is 0 Å². The van der Waals surface area contributed by atoms with Gasteiger partial charge in [0.05, 0.1) is 18.3 Å². The molecule has 0 fully saturated rings. The van der Waals surface area contributed by atoms with Gasteiger partial charge in [-0.15, -0.1) is 0 Å². The lowest BCUT2D eigenvalue weighted by Crippen LogP contribution is -2.07. The second kappa shape index (κ2) is 4.85. The zero-order valence-electron chi connectivity index (χ0n) is 11.5. The minimum absolute atomic E-state index is 0.00731. The molecule has 0 N–H and O–H groups in total. The van der Waals surface area contributed by atoms with Gasteiger partial charge in [0, 0.05) is 17.9 Å². The highest BCUT2D eigenvalue weighted by atomic mass is 16.5. The molecule has 0 aliphatic rings. The van der Waals surface area contributed by atoms with Crippen LogP contribution in [-0.2, 0) is 0 Å². The van der Waals surface area contributed by atoms with Crippen LogP contribution in [-0.4, -0.2) is 17.6 Å². The number of hydrogen-bond acceptors (Lipinski definition) is 2. The summed E-state index contributed by atoms with van der Waals surface area (Å²) >= 11 is 0. The average molecular weight is 265 g/mol. The van der Waals surface area contributed by atoms with Gasteiger partial charge < -0.3 is 4.74 Å². The molecule has 0 saturated carbocycles. The van der Waals surface area contributed by atoms with Gasteiger partial charge in [-0.3, -0.25) is 9.36 Å². The Kier molecular flexibility index (Phi) is 3.03. The van der Waals surface area contributed by atoms with Gasteiger partial charge >= 0.3 is 0 Å². The molecule has 20 heavy (non-hydrogen) atoms. The van der Waals surface area contributed by atoms with Gasteiger partial charge in [-0.25, -0.2) is 0 Å². The Morgan fingerprint density at radius 3 is 2.50 bits per heavy atom.